The van der Waals surface area contributed by atoms with Crippen molar-refractivity contribution >= 4 is 5.91 Å². The highest BCUT2D eigenvalue weighted by Gasteiger charge is 2.44. The largest absolute Gasteiger partial charge is 0.394 e. The Kier molecular flexibility index (Phi) is 27.1. The summed E-state index contributed by atoms with van der Waals surface area (Å²) < 4.78 is 15.8. The summed E-state index contributed by atoms with van der Waals surface area (Å²) in [5.41, 5.74) is 0. The van der Waals surface area contributed by atoms with E-state index in [1.807, 2.05) is 0 Å². The molecule has 0 aromatic carbocycles. The minimum atomic E-state index is -1.62. The van der Waals surface area contributed by atoms with Crippen LogP contribution in [0.15, 0.2) is 0 Å². The third-order valence-electron chi connectivity index (χ3n) is 9.29. The van der Waals surface area contributed by atoms with Gasteiger partial charge in [-0.2, -0.15) is 0 Å². The fourth-order valence-corrected chi connectivity index (χ4v) is 6.16. The fraction of sp³-hybridized carbons (Fsp3) is 0.972. The summed E-state index contributed by atoms with van der Waals surface area (Å²) in [5, 5.41) is 63.1. The molecule has 0 radical (unpaired) electrons. The standard InChI is InChI=1S/C36H71NO10/c1-3-4-5-6-7-8-9-10-11-12-13-14-15-16-17-18-19-20-21-22-23-24-31(40)37-28(32(41)29(39)27-45-2)26-46-36-35(44)34(43)33(42)30(25-38)47-36/h28-30,32-36,38-39,41-44H,3-27H2,1-2H3,(H,37,40)/t28-,29+,30+,32-,33-,34-,35+,36-/m0/s1. The van der Waals surface area contributed by atoms with Crippen LogP contribution < -0.4 is 5.32 Å². The van der Waals surface area contributed by atoms with Crippen molar-refractivity contribution in [3.8, 4) is 0 Å². The normalized spacial score (nSPS) is 23.4. The van der Waals surface area contributed by atoms with Crippen molar-refractivity contribution in [3.63, 3.8) is 0 Å². The molecule has 0 aliphatic carbocycles. The lowest BCUT2D eigenvalue weighted by atomic mass is 9.99. The first-order valence-corrected chi connectivity index (χ1v) is 18.8. The number of aliphatic hydroxyl groups is 6. The van der Waals surface area contributed by atoms with Crippen molar-refractivity contribution < 1.29 is 49.6 Å². The SMILES string of the molecule is CCCCCCCCCCCCCCCCCCCCCCCC(=O)N[C@@H](CO[C@H]1O[C@H](CO)[C@H](O)[C@H](O)[C@H]1O)[C@H](O)[C@H](O)COC. The lowest BCUT2D eigenvalue weighted by molar-refractivity contribution is -0.303. The molecule has 1 aliphatic heterocycles. The summed E-state index contributed by atoms with van der Waals surface area (Å²) in [5.74, 6) is -0.311. The minimum Gasteiger partial charge on any atom is -0.394 e. The van der Waals surface area contributed by atoms with Gasteiger partial charge in [0.2, 0.25) is 5.91 Å². The average Bonchev–Trinajstić information content (AvgIpc) is 3.06. The van der Waals surface area contributed by atoms with Crippen LogP contribution in [-0.2, 0) is 19.0 Å². The van der Waals surface area contributed by atoms with Crippen LogP contribution in [-0.4, -0.2) is 112 Å². The molecule has 1 saturated heterocycles. The van der Waals surface area contributed by atoms with Gasteiger partial charge in [0, 0.05) is 13.5 Å². The zero-order valence-corrected chi connectivity index (χ0v) is 29.6. The molecule has 1 rings (SSSR count). The Hall–Kier alpha value is -0.890. The van der Waals surface area contributed by atoms with Crippen molar-refractivity contribution in [3.05, 3.63) is 0 Å². The van der Waals surface area contributed by atoms with E-state index >= 15 is 0 Å². The molecule has 0 saturated carbocycles. The van der Waals surface area contributed by atoms with E-state index in [-0.39, 0.29) is 25.5 Å². The highest BCUT2D eigenvalue weighted by molar-refractivity contribution is 5.76. The highest BCUT2D eigenvalue weighted by atomic mass is 16.7. The van der Waals surface area contributed by atoms with E-state index in [1.165, 1.54) is 116 Å². The van der Waals surface area contributed by atoms with E-state index in [0.717, 1.165) is 19.3 Å². The van der Waals surface area contributed by atoms with Crippen molar-refractivity contribution in [2.24, 2.45) is 0 Å². The van der Waals surface area contributed by atoms with Gasteiger partial charge in [-0.1, -0.05) is 135 Å². The van der Waals surface area contributed by atoms with Crippen LogP contribution >= 0.6 is 0 Å². The van der Waals surface area contributed by atoms with Crippen LogP contribution in [0, 0.1) is 0 Å². The maximum absolute atomic E-state index is 12.7. The van der Waals surface area contributed by atoms with Crippen LogP contribution in [0.2, 0.25) is 0 Å². The van der Waals surface area contributed by atoms with Crippen LogP contribution in [0.3, 0.4) is 0 Å². The van der Waals surface area contributed by atoms with Crippen LogP contribution in [0.5, 0.6) is 0 Å². The van der Waals surface area contributed by atoms with Crippen molar-refractivity contribution in [2.45, 2.75) is 197 Å². The monoisotopic (exact) mass is 678 g/mol. The third kappa shape index (κ3) is 20.4. The second-order valence-corrected chi connectivity index (χ2v) is 13.5. The van der Waals surface area contributed by atoms with E-state index in [2.05, 4.69) is 12.2 Å². The van der Waals surface area contributed by atoms with Gasteiger partial charge < -0.3 is 50.2 Å². The summed E-state index contributed by atoms with van der Waals surface area (Å²) in [4.78, 5) is 12.7. The number of hydrogen-bond donors (Lipinski definition) is 7. The molecule has 1 amide bonds. The lowest BCUT2D eigenvalue weighted by Gasteiger charge is -2.40. The first-order chi connectivity index (χ1) is 22.8. The summed E-state index contributed by atoms with van der Waals surface area (Å²) in [6, 6.07) is -1.06. The molecular weight excluding hydrogens is 606 g/mol. The number of hydrogen-bond acceptors (Lipinski definition) is 10. The van der Waals surface area contributed by atoms with Gasteiger partial charge in [0.1, 0.15) is 36.6 Å². The van der Waals surface area contributed by atoms with Crippen molar-refractivity contribution in [2.75, 3.05) is 26.9 Å². The summed E-state index contributed by atoms with van der Waals surface area (Å²) in [7, 11) is 1.37. The van der Waals surface area contributed by atoms with Crippen LogP contribution in [0.25, 0.3) is 0 Å². The van der Waals surface area contributed by atoms with Gasteiger partial charge in [0.15, 0.2) is 6.29 Å². The highest BCUT2D eigenvalue weighted by Crippen LogP contribution is 2.22. The third-order valence-corrected chi connectivity index (χ3v) is 9.29. The van der Waals surface area contributed by atoms with Gasteiger partial charge in [0.05, 0.1) is 25.9 Å². The molecule has 7 N–H and O–H groups in total. The fourth-order valence-electron chi connectivity index (χ4n) is 6.16. The second kappa shape index (κ2) is 28.9. The summed E-state index contributed by atoms with van der Waals surface area (Å²) in [6.07, 6.45) is 17.2. The Morgan fingerprint density at radius 3 is 1.55 bits per heavy atom. The molecule has 11 heteroatoms. The Labute approximate surface area is 284 Å². The number of carbonyl (C=O) groups is 1. The van der Waals surface area contributed by atoms with Crippen molar-refractivity contribution in [1.29, 1.82) is 0 Å². The quantitative estimate of drug-likeness (QED) is 0.0525. The number of unbranched alkanes of at least 4 members (excludes halogenated alkanes) is 20. The molecule has 11 nitrogen and oxygen atoms in total. The molecule has 0 bridgehead atoms. The number of nitrogens with one attached hydrogen (secondary N) is 1. The number of carbonyl (C=O) groups excluding carboxylic acids is 1. The van der Waals surface area contributed by atoms with E-state index in [0.29, 0.717) is 6.42 Å². The number of ether oxygens (including phenoxy) is 3. The van der Waals surface area contributed by atoms with Gasteiger partial charge >= 0.3 is 0 Å². The van der Waals surface area contributed by atoms with E-state index < -0.39 is 55.6 Å². The molecule has 1 heterocycles. The predicted octanol–water partition coefficient (Wildman–Crippen LogP) is 4.26. The smallest absolute Gasteiger partial charge is 0.220 e. The molecule has 280 valence electrons. The second-order valence-electron chi connectivity index (χ2n) is 13.5. The molecule has 0 aromatic rings. The molecule has 1 aliphatic rings. The summed E-state index contributed by atoms with van der Waals surface area (Å²) >= 11 is 0. The van der Waals surface area contributed by atoms with Gasteiger partial charge in [0.25, 0.3) is 0 Å². The molecule has 47 heavy (non-hydrogen) atoms. The molecule has 8 atom stereocenters. The topological polar surface area (TPSA) is 178 Å². The van der Waals surface area contributed by atoms with Crippen LogP contribution in [0.1, 0.15) is 148 Å². The van der Waals surface area contributed by atoms with Gasteiger partial charge in [-0.3, -0.25) is 4.79 Å². The maximum atomic E-state index is 12.7. The molecular formula is C36H71NO10. The first kappa shape index (κ1) is 44.1. The van der Waals surface area contributed by atoms with Gasteiger partial charge in [-0.05, 0) is 6.42 Å². The van der Waals surface area contributed by atoms with E-state index in [9.17, 15) is 35.4 Å². The lowest BCUT2D eigenvalue weighted by Crippen LogP contribution is -2.60. The van der Waals surface area contributed by atoms with Crippen molar-refractivity contribution in [1.82, 2.24) is 5.32 Å². The molecule has 0 spiro atoms. The number of amides is 1. The Bertz CT molecular complexity index is 730. The molecule has 1 fully saturated rings. The molecule has 0 unspecified atom stereocenters. The summed E-state index contributed by atoms with van der Waals surface area (Å²) in [6.45, 7) is 1.12. The Morgan fingerprint density at radius 1 is 0.681 bits per heavy atom. The van der Waals surface area contributed by atoms with Gasteiger partial charge in [-0.15, -0.1) is 0 Å². The van der Waals surface area contributed by atoms with E-state index in [1.54, 1.807) is 0 Å². The maximum Gasteiger partial charge on any atom is 0.220 e. The zero-order valence-electron chi connectivity index (χ0n) is 29.6. The first-order valence-electron chi connectivity index (χ1n) is 18.8. The molecule has 0 aromatic heterocycles. The van der Waals surface area contributed by atoms with Crippen LogP contribution in [0.4, 0.5) is 0 Å². The Balaban J connectivity index is 2.14. The van der Waals surface area contributed by atoms with E-state index in [4.69, 9.17) is 14.2 Å². The Morgan fingerprint density at radius 2 is 1.13 bits per heavy atom. The predicted molar refractivity (Wildman–Crippen MR) is 183 cm³/mol. The van der Waals surface area contributed by atoms with Gasteiger partial charge in [-0.25, -0.2) is 0 Å². The number of rotatable bonds is 31. The number of methoxy groups -OCH3 is 1. The minimum absolute atomic E-state index is 0.174. The zero-order chi connectivity index (χ0) is 34.7. The number of aliphatic hydroxyl groups excluding tert-OH is 6. The average molecular weight is 678 g/mol.